The highest BCUT2D eigenvalue weighted by Crippen LogP contribution is 2.42. The Morgan fingerprint density at radius 1 is 0.892 bits per heavy atom. The molecule has 1 aromatic carbocycles. The van der Waals surface area contributed by atoms with Crippen LogP contribution in [0.25, 0.3) is 0 Å². The number of aromatic nitrogens is 1. The number of amides is 1. The van der Waals surface area contributed by atoms with E-state index in [9.17, 15) is 44.3 Å². The van der Waals surface area contributed by atoms with Gasteiger partial charge in [-0.3, -0.25) is 14.5 Å². The zero-order valence-electron chi connectivity index (χ0n) is 19.3. The van der Waals surface area contributed by atoms with Gasteiger partial charge in [0, 0.05) is 37.4 Å². The lowest BCUT2D eigenvalue weighted by Gasteiger charge is -2.50. The molecule has 0 unspecified atom stereocenters. The minimum Gasteiger partial charge on any atom is -0.376 e. The molecule has 1 fully saturated rings. The van der Waals surface area contributed by atoms with Gasteiger partial charge in [0.15, 0.2) is 0 Å². The van der Waals surface area contributed by atoms with Gasteiger partial charge in [-0.05, 0) is 56.3 Å². The molecule has 0 atom stereocenters. The third kappa shape index (κ3) is 4.81. The number of nitrogens with zero attached hydrogens (tertiary/aromatic N) is 3. The van der Waals surface area contributed by atoms with Crippen LogP contribution < -0.4 is 4.18 Å². The quantitative estimate of drug-likeness (QED) is 0.249. The van der Waals surface area contributed by atoms with Gasteiger partial charge >= 0.3 is 21.8 Å². The predicted octanol–water partition coefficient (Wildman–Crippen LogP) is 3.54. The molecule has 2 aromatic rings. The molecule has 1 spiro atoms. The first kappa shape index (κ1) is 27.0. The summed E-state index contributed by atoms with van der Waals surface area (Å²) in [5.74, 6) is -2.98. The summed E-state index contributed by atoms with van der Waals surface area (Å²) < 4.78 is 104. The first-order valence-corrected chi connectivity index (χ1v) is 12.4. The van der Waals surface area contributed by atoms with Crippen molar-refractivity contribution in [2.24, 2.45) is 0 Å². The Morgan fingerprint density at radius 3 is 2.03 bits per heavy atom. The SMILES string of the molecule is CN1CCn2c(C(=O)C(F)(F)F)ccc2C12CCN(C(=O)c1ccc(OS(=O)(=O)C(F)(F)F)cc1)CC2. The summed E-state index contributed by atoms with van der Waals surface area (Å²) in [5.41, 5.74) is -6.07. The molecule has 0 bridgehead atoms. The summed E-state index contributed by atoms with van der Waals surface area (Å²) in [5, 5.41) is 0. The Labute approximate surface area is 207 Å². The molecular weight excluding hydrogens is 532 g/mol. The summed E-state index contributed by atoms with van der Waals surface area (Å²) in [4.78, 5) is 28.3. The summed E-state index contributed by atoms with van der Waals surface area (Å²) in [6.45, 7) is 1.05. The highest BCUT2D eigenvalue weighted by molar-refractivity contribution is 7.88. The fraction of sp³-hybridized carbons (Fsp3) is 0.455. The van der Waals surface area contributed by atoms with Gasteiger partial charge < -0.3 is 13.7 Å². The van der Waals surface area contributed by atoms with E-state index < -0.39 is 50.5 Å². The lowest BCUT2D eigenvalue weighted by atomic mass is 9.81. The Morgan fingerprint density at radius 2 is 1.49 bits per heavy atom. The van der Waals surface area contributed by atoms with Crippen LogP contribution in [0.4, 0.5) is 26.3 Å². The number of carbonyl (C=O) groups excluding carboxylic acids is 2. The van der Waals surface area contributed by atoms with Crippen molar-refractivity contribution < 1.29 is 48.5 Å². The number of ketones is 1. The molecule has 0 N–H and O–H groups in total. The zero-order chi connectivity index (χ0) is 27.4. The zero-order valence-corrected chi connectivity index (χ0v) is 20.1. The van der Waals surface area contributed by atoms with Crippen LogP contribution in [0.2, 0.25) is 0 Å². The van der Waals surface area contributed by atoms with Gasteiger partial charge in [0.2, 0.25) is 0 Å². The van der Waals surface area contributed by atoms with Crippen molar-refractivity contribution in [3.8, 4) is 5.75 Å². The summed E-state index contributed by atoms with van der Waals surface area (Å²) in [6, 6.07) is 6.83. The standard InChI is InChI=1S/C22H21F6N3O5S/c1-29-12-13-31-16(18(32)21(23,24)25)6-7-17(31)20(29)8-10-30(11-9-20)19(33)14-2-4-15(5-3-14)36-37(34,35)22(26,27)28/h2-7H,8-13H2,1H3. The Hall–Kier alpha value is -3.07. The van der Waals surface area contributed by atoms with E-state index in [-0.39, 0.29) is 25.2 Å². The first-order valence-electron chi connectivity index (χ1n) is 11.0. The van der Waals surface area contributed by atoms with E-state index >= 15 is 0 Å². The van der Waals surface area contributed by atoms with Gasteiger partial charge in [0.25, 0.3) is 11.7 Å². The number of carbonyl (C=O) groups is 2. The fourth-order valence-corrected chi connectivity index (χ4v) is 5.30. The predicted molar refractivity (Wildman–Crippen MR) is 116 cm³/mol. The van der Waals surface area contributed by atoms with Crippen molar-refractivity contribution >= 4 is 21.8 Å². The maximum absolute atomic E-state index is 13.0. The first-order chi connectivity index (χ1) is 17.1. The lowest BCUT2D eigenvalue weighted by Crippen LogP contribution is -2.56. The van der Waals surface area contributed by atoms with Crippen LogP contribution in [0.3, 0.4) is 0 Å². The molecule has 0 saturated carbocycles. The molecule has 1 saturated heterocycles. The van der Waals surface area contributed by atoms with Crippen LogP contribution in [0, 0.1) is 0 Å². The van der Waals surface area contributed by atoms with Crippen molar-refractivity contribution in [3.63, 3.8) is 0 Å². The second-order valence-corrected chi connectivity index (χ2v) is 10.4. The van der Waals surface area contributed by atoms with Gasteiger partial charge in [-0.2, -0.15) is 34.8 Å². The Balaban J connectivity index is 1.49. The van der Waals surface area contributed by atoms with Crippen molar-refractivity contribution in [1.82, 2.24) is 14.4 Å². The number of likely N-dealkylation sites (tertiary alicyclic amines) is 1. The van der Waals surface area contributed by atoms with Gasteiger partial charge in [-0.15, -0.1) is 0 Å². The maximum Gasteiger partial charge on any atom is 0.534 e. The second kappa shape index (κ2) is 9.04. The number of rotatable bonds is 4. The van der Waals surface area contributed by atoms with Crippen molar-refractivity contribution in [2.75, 3.05) is 26.7 Å². The van der Waals surface area contributed by atoms with E-state index in [2.05, 4.69) is 4.18 Å². The minimum absolute atomic E-state index is 0.0890. The average molecular weight is 553 g/mol. The van der Waals surface area contributed by atoms with E-state index in [0.29, 0.717) is 25.1 Å². The molecule has 3 heterocycles. The fourth-order valence-electron chi connectivity index (χ4n) is 4.85. The number of Topliss-reactive ketones (excluding diaryl/α,β-unsaturated/α-hetero) is 1. The monoisotopic (exact) mass is 553 g/mol. The molecule has 1 amide bonds. The minimum atomic E-state index is -5.85. The van der Waals surface area contributed by atoms with E-state index in [4.69, 9.17) is 0 Å². The Bertz CT molecular complexity index is 1310. The average Bonchev–Trinajstić information content (AvgIpc) is 3.25. The molecule has 37 heavy (non-hydrogen) atoms. The highest BCUT2D eigenvalue weighted by Gasteiger charge is 2.49. The number of benzene rings is 1. The van der Waals surface area contributed by atoms with Crippen molar-refractivity contribution in [1.29, 1.82) is 0 Å². The number of hydrogen-bond donors (Lipinski definition) is 0. The molecule has 8 nitrogen and oxygen atoms in total. The number of halogens is 6. The number of likely N-dealkylation sites (N-methyl/N-ethyl adjacent to an activating group) is 1. The van der Waals surface area contributed by atoms with Crippen LogP contribution in [-0.2, 0) is 22.2 Å². The smallest absolute Gasteiger partial charge is 0.376 e. The van der Waals surface area contributed by atoms with Crippen LogP contribution in [-0.4, -0.2) is 72.8 Å². The van der Waals surface area contributed by atoms with Crippen LogP contribution in [0.15, 0.2) is 36.4 Å². The lowest BCUT2D eigenvalue weighted by molar-refractivity contribution is -0.0892. The topological polar surface area (TPSA) is 88.9 Å². The molecule has 2 aliphatic rings. The molecular formula is C22H21F6N3O5S. The van der Waals surface area contributed by atoms with Crippen molar-refractivity contribution in [3.05, 3.63) is 53.3 Å². The molecule has 2 aliphatic heterocycles. The molecule has 15 heteroatoms. The number of fused-ring (bicyclic) bond motifs is 2. The summed E-state index contributed by atoms with van der Waals surface area (Å²) >= 11 is 0. The second-order valence-electron chi connectivity index (χ2n) is 8.84. The normalized spacial score (nSPS) is 18.5. The Kier molecular flexibility index (Phi) is 6.59. The highest BCUT2D eigenvalue weighted by atomic mass is 32.2. The molecule has 0 radical (unpaired) electrons. The molecule has 1 aromatic heterocycles. The number of alkyl halides is 6. The van der Waals surface area contributed by atoms with Crippen LogP contribution >= 0.6 is 0 Å². The molecule has 4 rings (SSSR count). The van der Waals surface area contributed by atoms with E-state index in [1.165, 1.54) is 21.6 Å². The van der Waals surface area contributed by atoms with Crippen molar-refractivity contribution in [2.45, 2.75) is 36.6 Å². The number of hydrogen-bond acceptors (Lipinski definition) is 6. The third-order valence-corrected chi connectivity index (χ3v) is 7.78. The van der Waals surface area contributed by atoms with Gasteiger partial charge in [0.05, 0.1) is 11.2 Å². The largest absolute Gasteiger partial charge is 0.534 e. The molecule has 0 aliphatic carbocycles. The third-order valence-electron chi connectivity index (χ3n) is 6.81. The molecule has 202 valence electrons. The van der Waals surface area contributed by atoms with E-state index in [0.717, 1.165) is 24.3 Å². The van der Waals surface area contributed by atoms with Gasteiger partial charge in [0.1, 0.15) is 5.75 Å². The van der Waals surface area contributed by atoms with Crippen LogP contribution in [0.5, 0.6) is 5.75 Å². The maximum atomic E-state index is 13.0. The van der Waals surface area contributed by atoms with Gasteiger partial charge in [-0.25, -0.2) is 0 Å². The van der Waals surface area contributed by atoms with Gasteiger partial charge in [-0.1, -0.05) is 0 Å². The van der Waals surface area contributed by atoms with Crippen LogP contribution in [0.1, 0.15) is 39.4 Å². The van der Waals surface area contributed by atoms with E-state index in [1.807, 2.05) is 11.9 Å². The van der Waals surface area contributed by atoms with E-state index in [1.54, 1.807) is 0 Å². The summed E-state index contributed by atoms with van der Waals surface area (Å²) in [7, 11) is -4.02. The summed E-state index contributed by atoms with van der Waals surface area (Å²) in [6.07, 6.45) is -4.27. The number of piperidine rings is 1.